The highest BCUT2D eigenvalue weighted by Crippen LogP contribution is 2.30. The van der Waals surface area contributed by atoms with Gasteiger partial charge in [-0.15, -0.1) is 0 Å². The maximum Gasteiger partial charge on any atom is 0.387 e. The average Bonchev–Trinajstić information content (AvgIpc) is 2.58. The number of amides is 2. The van der Waals surface area contributed by atoms with Crippen LogP contribution in [0.25, 0.3) is 6.08 Å². The number of hydrogen-bond acceptors (Lipinski definition) is 4. The van der Waals surface area contributed by atoms with Gasteiger partial charge in [-0.25, -0.2) is 0 Å². The summed E-state index contributed by atoms with van der Waals surface area (Å²) in [6.07, 6.45) is 2.83. The normalized spacial score (nSPS) is 11.0. The minimum atomic E-state index is -2.95. The summed E-state index contributed by atoms with van der Waals surface area (Å²) in [6.45, 7) is 3.26. The van der Waals surface area contributed by atoms with E-state index in [1.54, 1.807) is 20.8 Å². The Morgan fingerprint density at radius 1 is 1.15 bits per heavy atom. The van der Waals surface area contributed by atoms with E-state index < -0.39 is 6.61 Å². The van der Waals surface area contributed by atoms with E-state index in [-0.39, 0.29) is 35.8 Å². The topological polar surface area (TPSA) is 76.7 Å². The average molecular weight is 370 g/mol. The maximum atomic E-state index is 12.4. The van der Waals surface area contributed by atoms with Gasteiger partial charge in [0.1, 0.15) is 0 Å². The molecule has 0 atom stereocenters. The van der Waals surface area contributed by atoms with Gasteiger partial charge < -0.3 is 20.1 Å². The highest BCUT2D eigenvalue weighted by atomic mass is 19.3. The molecule has 0 aliphatic heterocycles. The molecule has 144 valence electrons. The van der Waals surface area contributed by atoms with Crippen molar-refractivity contribution in [3.63, 3.8) is 0 Å². The van der Waals surface area contributed by atoms with Crippen LogP contribution in [0.1, 0.15) is 26.3 Å². The van der Waals surface area contributed by atoms with Gasteiger partial charge in [-0.2, -0.15) is 8.78 Å². The molecule has 1 aromatic rings. The second kappa shape index (κ2) is 11.1. The van der Waals surface area contributed by atoms with Crippen molar-refractivity contribution in [2.75, 3.05) is 19.7 Å². The first-order valence-electron chi connectivity index (χ1n) is 8.28. The van der Waals surface area contributed by atoms with Crippen LogP contribution in [0.2, 0.25) is 0 Å². The fraction of sp³-hybridized carbons (Fsp3) is 0.444. The molecule has 0 saturated carbocycles. The number of nitrogens with one attached hydrogen (secondary N) is 2. The third kappa shape index (κ3) is 7.96. The van der Waals surface area contributed by atoms with Crippen LogP contribution in [-0.4, -0.2) is 38.1 Å². The Morgan fingerprint density at radius 2 is 1.85 bits per heavy atom. The number of carbonyl (C=O) groups is 2. The van der Waals surface area contributed by atoms with Crippen LogP contribution in [0, 0.1) is 5.92 Å². The van der Waals surface area contributed by atoms with Crippen molar-refractivity contribution in [1.82, 2.24) is 10.6 Å². The molecule has 8 heteroatoms. The van der Waals surface area contributed by atoms with Crippen LogP contribution >= 0.6 is 0 Å². The molecule has 1 rings (SSSR count). The molecule has 0 aliphatic rings. The van der Waals surface area contributed by atoms with E-state index in [2.05, 4.69) is 15.4 Å². The first kappa shape index (κ1) is 21.4. The first-order chi connectivity index (χ1) is 12.3. The Balaban J connectivity index is 2.57. The van der Waals surface area contributed by atoms with Crippen LogP contribution < -0.4 is 20.1 Å². The van der Waals surface area contributed by atoms with Gasteiger partial charge in [0.05, 0.1) is 6.61 Å². The van der Waals surface area contributed by atoms with Crippen LogP contribution in [0.4, 0.5) is 8.78 Å². The first-order valence-corrected chi connectivity index (χ1v) is 8.28. The lowest BCUT2D eigenvalue weighted by molar-refractivity contribution is -0.124. The highest BCUT2D eigenvalue weighted by Gasteiger charge is 2.11. The summed E-state index contributed by atoms with van der Waals surface area (Å²) in [6, 6.07) is 4.40. The van der Waals surface area contributed by atoms with Gasteiger partial charge in [-0.05, 0) is 30.7 Å². The summed E-state index contributed by atoms with van der Waals surface area (Å²) in [4.78, 5) is 23.1. The Hall–Kier alpha value is -2.64. The van der Waals surface area contributed by atoms with E-state index in [0.29, 0.717) is 18.7 Å². The molecule has 6 nitrogen and oxygen atoms in total. The quantitative estimate of drug-likeness (QED) is 0.490. The van der Waals surface area contributed by atoms with Gasteiger partial charge >= 0.3 is 6.61 Å². The molecule has 0 spiro atoms. The lowest BCUT2D eigenvalue weighted by Crippen LogP contribution is -2.35. The molecule has 0 saturated heterocycles. The Bertz CT molecular complexity index is 634. The molecule has 0 aliphatic carbocycles. The van der Waals surface area contributed by atoms with Gasteiger partial charge in [0.2, 0.25) is 11.8 Å². The standard InChI is InChI=1S/C18H24F2N2O4/c1-4-25-15-11-13(5-7-14(15)26-18(19)20)6-8-16(23)21-9-10-22-17(24)12(2)3/h5-8,11-12,18H,4,9-10H2,1-3H3,(H,21,23)(H,22,24). The molecular formula is C18H24F2N2O4. The molecule has 1 aromatic carbocycles. The van der Waals surface area contributed by atoms with E-state index in [1.807, 2.05) is 0 Å². The number of hydrogen-bond donors (Lipinski definition) is 2. The molecular weight excluding hydrogens is 346 g/mol. The van der Waals surface area contributed by atoms with Crippen molar-refractivity contribution in [3.05, 3.63) is 29.8 Å². The van der Waals surface area contributed by atoms with E-state index in [4.69, 9.17) is 4.74 Å². The zero-order valence-corrected chi connectivity index (χ0v) is 15.1. The Labute approximate surface area is 151 Å². The zero-order chi connectivity index (χ0) is 19.5. The van der Waals surface area contributed by atoms with Crippen LogP contribution in [-0.2, 0) is 9.59 Å². The van der Waals surface area contributed by atoms with Gasteiger partial charge in [-0.1, -0.05) is 19.9 Å². The van der Waals surface area contributed by atoms with E-state index in [9.17, 15) is 18.4 Å². The van der Waals surface area contributed by atoms with Crippen LogP contribution in [0.3, 0.4) is 0 Å². The second-order valence-corrected chi connectivity index (χ2v) is 5.59. The minimum absolute atomic E-state index is 0.0654. The Morgan fingerprint density at radius 3 is 2.46 bits per heavy atom. The van der Waals surface area contributed by atoms with E-state index in [1.165, 1.54) is 30.4 Å². The molecule has 26 heavy (non-hydrogen) atoms. The van der Waals surface area contributed by atoms with Crippen molar-refractivity contribution in [2.45, 2.75) is 27.4 Å². The molecule has 2 amide bonds. The minimum Gasteiger partial charge on any atom is -0.490 e. The maximum absolute atomic E-state index is 12.4. The van der Waals surface area contributed by atoms with Crippen molar-refractivity contribution in [1.29, 1.82) is 0 Å². The number of ether oxygens (including phenoxy) is 2. The number of rotatable bonds is 10. The van der Waals surface area contributed by atoms with Gasteiger partial charge in [0.15, 0.2) is 11.5 Å². The number of carbonyl (C=O) groups excluding carboxylic acids is 2. The van der Waals surface area contributed by atoms with Gasteiger partial charge in [-0.3, -0.25) is 9.59 Å². The largest absolute Gasteiger partial charge is 0.490 e. The summed E-state index contributed by atoms with van der Waals surface area (Å²) in [5.74, 6) is -0.419. The van der Waals surface area contributed by atoms with Crippen molar-refractivity contribution >= 4 is 17.9 Å². The molecule has 2 N–H and O–H groups in total. The molecule has 0 radical (unpaired) electrons. The van der Waals surface area contributed by atoms with Crippen LogP contribution in [0.15, 0.2) is 24.3 Å². The summed E-state index contributed by atoms with van der Waals surface area (Å²) >= 11 is 0. The lowest BCUT2D eigenvalue weighted by Gasteiger charge is -2.11. The Kier molecular flexibility index (Phi) is 9.11. The molecule has 0 aromatic heterocycles. The summed E-state index contributed by atoms with van der Waals surface area (Å²) in [7, 11) is 0. The van der Waals surface area contributed by atoms with Gasteiger partial charge in [0, 0.05) is 25.1 Å². The summed E-state index contributed by atoms with van der Waals surface area (Å²) in [5, 5.41) is 5.31. The second-order valence-electron chi connectivity index (χ2n) is 5.59. The van der Waals surface area contributed by atoms with E-state index in [0.717, 1.165) is 0 Å². The number of halogens is 2. The predicted molar refractivity (Wildman–Crippen MR) is 94.1 cm³/mol. The smallest absolute Gasteiger partial charge is 0.387 e. The summed E-state index contributed by atoms with van der Waals surface area (Å²) < 4.78 is 34.4. The summed E-state index contributed by atoms with van der Waals surface area (Å²) in [5.41, 5.74) is 0.596. The zero-order valence-electron chi connectivity index (χ0n) is 15.1. The number of benzene rings is 1. The van der Waals surface area contributed by atoms with Crippen molar-refractivity contribution in [3.8, 4) is 11.5 Å². The molecule has 0 bridgehead atoms. The SMILES string of the molecule is CCOc1cc(C=CC(=O)NCCNC(=O)C(C)C)ccc1OC(F)F. The lowest BCUT2D eigenvalue weighted by atomic mass is 10.2. The number of alkyl halides is 2. The third-order valence-electron chi connectivity index (χ3n) is 3.16. The van der Waals surface area contributed by atoms with E-state index >= 15 is 0 Å². The van der Waals surface area contributed by atoms with Crippen molar-refractivity contribution in [2.24, 2.45) is 5.92 Å². The fourth-order valence-corrected chi connectivity index (χ4v) is 1.90. The highest BCUT2D eigenvalue weighted by molar-refractivity contribution is 5.91. The third-order valence-corrected chi connectivity index (χ3v) is 3.16. The fourth-order valence-electron chi connectivity index (χ4n) is 1.90. The molecule has 0 unspecified atom stereocenters. The van der Waals surface area contributed by atoms with Crippen LogP contribution in [0.5, 0.6) is 11.5 Å². The van der Waals surface area contributed by atoms with Gasteiger partial charge in [0.25, 0.3) is 0 Å². The monoisotopic (exact) mass is 370 g/mol. The predicted octanol–water partition coefficient (Wildman–Crippen LogP) is 2.59. The van der Waals surface area contributed by atoms with Crippen molar-refractivity contribution < 1.29 is 27.8 Å². The molecule has 0 heterocycles. The molecule has 0 fully saturated rings.